The van der Waals surface area contributed by atoms with Crippen molar-refractivity contribution >= 4 is 0 Å². The van der Waals surface area contributed by atoms with Gasteiger partial charge in [-0.15, -0.1) is 0 Å². The summed E-state index contributed by atoms with van der Waals surface area (Å²) in [6.07, 6.45) is 6.66. The van der Waals surface area contributed by atoms with E-state index >= 15 is 0 Å². The van der Waals surface area contributed by atoms with Gasteiger partial charge in [0.25, 0.3) is 0 Å². The van der Waals surface area contributed by atoms with Crippen LogP contribution in [0.15, 0.2) is 24.3 Å². The first-order valence-corrected chi connectivity index (χ1v) is 8.37. The minimum atomic E-state index is 0.515. The van der Waals surface area contributed by atoms with Gasteiger partial charge in [0.05, 0.1) is 6.61 Å². The lowest BCUT2D eigenvalue weighted by molar-refractivity contribution is 0.149. The number of likely N-dealkylation sites (tertiary alicyclic amines) is 1. The van der Waals surface area contributed by atoms with Crippen molar-refractivity contribution in [1.29, 1.82) is 0 Å². The highest BCUT2D eigenvalue weighted by molar-refractivity contribution is 5.26. The largest absolute Gasteiger partial charge is 0.380 e. The van der Waals surface area contributed by atoms with Crippen LogP contribution in [-0.2, 0) is 11.3 Å². The van der Waals surface area contributed by atoms with Crippen molar-refractivity contribution in [3.8, 4) is 0 Å². The second kappa shape index (κ2) is 6.91. The molecule has 3 heteroatoms. The molecule has 3 nitrogen and oxygen atoms in total. The predicted molar refractivity (Wildman–Crippen MR) is 86.0 cm³/mol. The molecule has 1 aliphatic carbocycles. The Labute approximate surface area is 128 Å². The van der Waals surface area contributed by atoms with E-state index in [0.717, 1.165) is 12.6 Å². The highest BCUT2D eigenvalue weighted by Gasteiger charge is 2.38. The lowest BCUT2D eigenvalue weighted by Gasteiger charge is -2.35. The monoisotopic (exact) mass is 288 g/mol. The summed E-state index contributed by atoms with van der Waals surface area (Å²) in [5, 5.41) is 0. The zero-order valence-electron chi connectivity index (χ0n) is 13.1. The number of nitrogens with two attached hydrogens (primary N) is 1. The van der Waals surface area contributed by atoms with E-state index in [1.165, 1.54) is 49.8 Å². The third-order valence-electron chi connectivity index (χ3n) is 5.00. The summed E-state index contributed by atoms with van der Waals surface area (Å²) in [7, 11) is 1.75. The minimum absolute atomic E-state index is 0.515. The van der Waals surface area contributed by atoms with Gasteiger partial charge >= 0.3 is 0 Å². The Kier molecular flexibility index (Phi) is 4.94. The predicted octanol–water partition coefficient (Wildman–Crippen LogP) is 3.10. The van der Waals surface area contributed by atoms with Gasteiger partial charge in [0.1, 0.15) is 0 Å². The molecular formula is C18H28N2O. The molecule has 2 unspecified atom stereocenters. The molecule has 1 saturated carbocycles. The molecule has 0 spiro atoms. The summed E-state index contributed by atoms with van der Waals surface area (Å²) in [6, 6.07) is 10.3. The van der Waals surface area contributed by atoms with Crippen LogP contribution >= 0.6 is 0 Å². The molecule has 2 N–H and O–H groups in total. The number of hydrogen-bond donors (Lipinski definition) is 1. The fraction of sp³-hybridized carbons (Fsp3) is 0.667. The van der Waals surface area contributed by atoms with E-state index in [9.17, 15) is 0 Å². The average Bonchev–Trinajstić information content (AvgIpc) is 3.34. The van der Waals surface area contributed by atoms with Gasteiger partial charge in [-0.1, -0.05) is 30.7 Å². The molecule has 0 radical (unpaired) electrons. The quantitative estimate of drug-likeness (QED) is 0.905. The zero-order valence-corrected chi connectivity index (χ0v) is 13.1. The van der Waals surface area contributed by atoms with E-state index < -0.39 is 0 Å². The van der Waals surface area contributed by atoms with Crippen LogP contribution in [0.5, 0.6) is 0 Å². The van der Waals surface area contributed by atoms with Crippen molar-refractivity contribution in [2.24, 2.45) is 11.7 Å². The lowest BCUT2D eigenvalue weighted by atomic mass is 9.88. The van der Waals surface area contributed by atoms with E-state index in [1.54, 1.807) is 7.11 Å². The molecule has 1 saturated heterocycles. The van der Waals surface area contributed by atoms with Gasteiger partial charge in [-0.2, -0.15) is 0 Å². The summed E-state index contributed by atoms with van der Waals surface area (Å²) >= 11 is 0. The Morgan fingerprint density at radius 2 is 1.90 bits per heavy atom. The van der Waals surface area contributed by atoms with E-state index in [-0.39, 0.29) is 0 Å². The molecular weight excluding hydrogens is 260 g/mol. The molecule has 21 heavy (non-hydrogen) atoms. The Bertz CT molecular complexity index is 441. The van der Waals surface area contributed by atoms with Gasteiger partial charge in [-0.05, 0) is 55.8 Å². The van der Waals surface area contributed by atoms with Crippen LogP contribution in [-0.4, -0.2) is 31.1 Å². The van der Waals surface area contributed by atoms with Gasteiger partial charge in [0, 0.05) is 19.2 Å². The second-order valence-electron chi connectivity index (χ2n) is 6.58. The number of rotatable bonds is 5. The smallest absolute Gasteiger partial charge is 0.0713 e. The first-order chi connectivity index (χ1) is 10.3. The molecule has 1 aliphatic heterocycles. The fourth-order valence-electron chi connectivity index (χ4n) is 3.77. The lowest BCUT2D eigenvalue weighted by Crippen LogP contribution is -2.37. The second-order valence-corrected chi connectivity index (χ2v) is 6.58. The third kappa shape index (κ3) is 3.47. The number of benzene rings is 1. The summed E-state index contributed by atoms with van der Waals surface area (Å²) in [5.74, 6) is 0.598. The van der Waals surface area contributed by atoms with E-state index in [1.807, 2.05) is 0 Å². The Morgan fingerprint density at radius 3 is 2.52 bits per heavy atom. The number of hydrogen-bond acceptors (Lipinski definition) is 3. The molecule has 2 fully saturated rings. The number of methoxy groups -OCH3 is 1. The van der Waals surface area contributed by atoms with Crippen LogP contribution in [0.1, 0.15) is 49.3 Å². The van der Waals surface area contributed by atoms with E-state index in [2.05, 4.69) is 29.2 Å². The summed E-state index contributed by atoms with van der Waals surface area (Å²) in [5.41, 5.74) is 8.81. The van der Waals surface area contributed by atoms with Crippen LogP contribution < -0.4 is 5.73 Å². The van der Waals surface area contributed by atoms with Crippen molar-refractivity contribution in [3.05, 3.63) is 35.4 Å². The van der Waals surface area contributed by atoms with Crippen LogP contribution in [0.2, 0.25) is 0 Å². The Balaban J connectivity index is 1.85. The SMILES string of the molecule is COCc1ccc(C2C(CN)CCCCN2C2CC2)cc1. The Morgan fingerprint density at radius 1 is 1.14 bits per heavy atom. The van der Waals surface area contributed by atoms with Gasteiger partial charge in [0.2, 0.25) is 0 Å². The normalized spacial score (nSPS) is 27.5. The van der Waals surface area contributed by atoms with Crippen LogP contribution in [0.3, 0.4) is 0 Å². The first-order valence-electron chi connectivity index (χ1n) is 8.37. The van der Waals surface area contributed by atoms with Crippen LogP contribution in [0, 0.1) is 5.92 Å². The minimum Gasteiger partial charge on any atom is -0.380 e. The number of ether oxygens (including phenoxy) is 1. The molecule has 0 amide bonds. The van der Waals surface area contributed by atoms with Gasteiger partial charge in [-0.25, -0.2) is 0 Å². The summed E-state index contributed by atoms with van der Waals surface area (Å²) in [4.78, 5) is 2.75. The topological polar surface area (TPSA) is 38.5 Å². The molecule has 116 valence electrons. The van der Waals surface area contributed by atoms with Crippen molar-refractivity contribution in [2.75, 3.05) is 20.2 Å². The molecule has 2 atom stereocenters. The van der Waals surface area contributed by atoms with Gasteiger partial charge < -0.3 is 10.5 Å². The summed E-state index contributed by atoms with van der Waals surface area (Å²) < 4.78 is 5.21. The molecule has 1 aromatic rings. The summed E-state index contributed by atoms with van der Waals surface area (Å²) in [6.45, 7) is 2.73. The highest BCUT2D eigenvalue weighted by atomic mass is 16.5. The third-order valence-corrected chi connectivity index (χ3v) is 5.00. The van der Waals surface area contributed by atoms with Crippen molar-refractivity contribution in [1.82, 2.24) is 4.90 Å². The average molecular weight is 288 g/mol. The maximum atomic E-state index is 6.11. The van der Waals surface area contributed by atoms with E-state index in [4.69, 9.17) is 10.5 Å². The first kappa shape index (κ1) is 15.0. The fourth-order valence-corrected chi connectivity index (χ4v) is 3.77. The van der Waals surface area contributed by atoms with Gasteiger partial charge in [-0.3, -0.25) is 4.90 Å². The van der Waals surface area contributed by atoms with E-state index in [0.29, 0.717) is 18.6 Å². The van der Waals surface area contributed by atoms with Crippen LogP contribution in [0.25, 0.3) is 0 Å². The maximum absolute atomic E-state index is 6.11. The highest BCUT2D eigenvalue weighted by Crippen LogP contribution is 2.41. The molecule has 1 aromatic carbocycles. The van der Waals surface area contributed by atoms with Crippen LogP contribution in [0.4, 0.5) is 0 Å². The molecule has 0 bridgehead atoms. The van der Waals surface area contributed by atoms with Crippen molar-refractivity contribution in [2.45, 2.75) is 50.8 Å². The zero-order chi connectivity index (χ0) is 14.7. The van der Waals surface area contributed by atoms with Crippen molar-refractivity contribution < 1.29 is 4.74 Å². The van der Waals surface area contributed by atoms with Gasteiger partial charge in [0.15, 0.2) is 0 Å². The molecule has 0 aromatic heterocycles. The maximum Gasteiger partial charge on any atom is 0.0713 e. The molecule has 1 heterocycles. The Hall–Kier alpha value is -0.900. The standard InChI is InChI=1S/C18H28N2O/c1-21-13-14-5-7-15(8-6-14)18-16(12-19)4-2-3-11-20(18)17-9-10-17/h5-8,16-18H,2-4,9-13,19H2,1H3. The molecule has 2 aliphatic rings. The molecule has 3 rings (SSSR count). The van der Waals surface area contributed by atoms with Crippen molar-refractivity contribution in [3.63, 3.8) is 0 Å². The number of nitrogens with zero attached hydrogens (tertiary/aromatic N) is 1.